The Balaban J connectivity index is 1.39. The lowest BCUT2D eigenvalue weighted by molar-refractivity contribution is -0.132. The Morgan fingerprint density at radius 2 is 1.83 bits per heavy atom. The number of aliphatic hydroxyl groups is 1. The number of aromatic nitrogens is 2. The first-order valence-corrected chi connectivity index (χ1v) is 16.9. The highest BCUT2D eigenvalue weighted by Gasteiger charge is 2.48. The number of ether oxygens (including phenoxy) is 2. The number of hydrogen-bond acceptors (Lipinski definition) is 9. The minimum absolute atomic E-state index is 0.0752. The number of fused-ring (bicyclic) bond motifs is 1. The van der Waals surface area contributed by atoms with Crippen LogP contribution in [0.2, 0.25) is 0 Å². The third-order valence-corrected chi connectivity index (χ3v) is 10.1. The van der Waals surface area contributed by atoms with Crippen molar-refractivity contribution in [2.75, 3.05) is 18.6 Å². The molecule has 1 N–H and O–H groups in total. The molecular formula is C36H32FN3O5S2. The van der Waals surface area contributed by atoms with Crippen LogP contribution < -0.4 is 14.4 Å². The standard InChI is InChI=1S/C36H32FN3O5S2/c1-4-5-17-45-28-16-15-23(19-29(28)44-3)31-30(32(41)24-14-13-21(2)27(37)18-24)33(42)34(43)40(31)35-38-39-36(47-35)46-20-25-11-8-10-22-9-6-7-12-26(22)25/h6-16,18-19,31,41H,4-5,17,20H2,1-3H3/b32-30-. The largest absolute Gasteiger partial charge is 0.507 e. The summed E-state index contributed by atoms with van der Waals surface area (Å²) < 4.78 is 26.7. The second-order valence-electron chi connectivity index (χ2n) is 11.0. The number of ketones is 1. The zero-order valence-electron chi connectivity index (χ0n) is 26.0. The molecule has 8 nitrogen and oxygen atoms in total. The lowest BCUT2D eigenvalue weighted by Crippen LogP contribution is -2.29. The van der Waals surface area contributed by atoms with Gasteiger partial charge in [0.1, 0.15) is 11.6 Å². The van der Waals surface area contributed by atoms with Gasteiger partial charge in [-0.05, 0) is 59.0 Å². The van der Waals surface area contributed by atoms with Crippen molar-refractivity contribution in [1.82, 2.24) is 10.2 Å². The van der Waals surface area contributed by atoms with Crippen molar-refractivity contribution in [2.24, 2.45) is 0 Å². The van der Waals surface area contributed by atoms with Crippen molar-refractivity contribution in [2.45, 2.75) is 42.8 Å². The second kappa shape index (κ2) is 13.9. The number of carbonyl (C=O) groups is 2. The number of carbonyl (C=O) groups excluding carboxylic acids is 2. The van der Waals surface area contributed by atoms with E-state index < -0.39 is 29.3 Å². The van der Waals surface area contributed by atoms with Crippen LogP contribution in [0.3, 0.4) is 0 Å². The van der Waals surface area contributed by atoms with Gasteiger partial charge in [-0.3, -0.25) is 14.5 Å². The van der Waals surface area contributed by atoms with Crippen LogP contribution in [0.5, 0.6) is 11.5 Å². The lowest BCUT2D eigenvalue weighted by Gasteiger charge is -2.23. The molecule has 1 aromatic heterocycles. The van der Waals surface area contributed by atoms with E-state index in [-0.39, 0.29) is 16.3 Å². The minimum atomic E-state index is -1.10. The minimum Gasteiger partial charge on any atom is -0.507 e. The maximum Gasteiger partial charge on any atom is 0.301 e. The van der Waals surface area contributed by atoms with Gasteiger partial charge in [0.05, 0.1) is 25.3 Å². The number of benzene rings is 4. The van der Waals surface area contributed by atoms with Gasteiger partial charge in [-0.25, -0.2) is 4.39 Å². The molecule has 11 heteroatoms. The maximum atomic E-state index is 14.6. The molecule has 1 fully saturated rings. The van der Waals surface area contributed by atoms with Gasteiger partial charge in [-0.15, -0.1) is 10.2 Å². The fourth-order valence-electron chi connectivity index (χ4n) is 5.46. The molecule has 5 aromatic rings. The number of hydrogen-bond donors (Lipinski definition) is 1. The number of Topliss-reactive ketones (excluding diaryl/α,β-unsaturated/α-hetero) is 1. The molecule has 0 saturated carbocycles. The average Bonchev–Trinajstić information content (AvgIpc) is 3.66. The number of anilines is 1. The van der Waals surface area contributed by atoms with E-state index in [9.17, 15) is 19.1 Å². The number of unbranched alkanes of at least 4 members (excludes halogenated alkanes) is 1. The SMILES string of the molecule is CCCCOc1ccc(C2/C(=C(/O)c3ccc(C)c(F)c3)C(=O)C(=O)N2c2nnc(SCc3cccc4ccccc34)s2)cc1OC. The molecule has 6 rings (SSSR count). The van der Waals surface area contributed by atoms with Crippen molar-refractivity contribution in [3.8, 4) is 11.5 Å². The van der Waals surface area contributed by atoms with Gasteiger partial charge in [-0.2, -0.15) is 0 Å². The molecule has 1 amide bonds. The molecule has 47 heavy (non-hydrogen) atoms. The molecule has 1 saturated heterocycles. The summed E-state index contributed by atoms with van der Waals surface area (Å²) in [7, 11) is 1.50. The summed E-state index contributed by atoms with van der Waals surface area (Å²) >= 11 is 2.65. The van der Waals surface area contributed by atoms with E-state index in [0.29, 0.717) is 39.3 Å². The number of methoxy groups -OCH3 is 1. The molecule has 0 aliphatic carbocycles. The number of aryl methyl sites for hydroxylation is 1. The Bertz CT molecular complexity index is 2000. The molecule has 1 aliphatic heterocycles. The summed E-state index contributed by atoms with van der Waals surface area (Å²) in [6.07, 6.45) is 1.81. The van der Waals surface area contributed by atoms with Crippen molar-refractivity contribution >= 4 is 56.5 Å². The first-order chi connectivity index (χ1) is 22.8. The van der Waals surface area contributed by atoms with E-state index in [1.54, 1.807) is 25.1 Å². The van der Waals surface area contributed by atoms with E-state index in [1.165, 1.54) is 47.2 Å². The topological polar surface area (TPSA) is 102 Å². The van der Waals surface area contributed by atoms with E-state index >= 15 is 0 Å². The van der Waals surface area contributed by atoms with Gasteiger partial charge < -0.3 is 14.6 Å². The summed E-state index contributed by atoms with van der Waals surface area (Å²) in [5, 5.41) is 22.6. The zero-order chi connectivity index (χ0) is 33.1. The van der Waals surface area contributed by atoms with Crippen molar-refractivity contribution in [3.05, 3.63) is 113 Å². The summed E-state index contributed by atoms with van der Waals surface area (Å²) in [5.41, 5.74) is 1.86. The smallest absolute Gasteiger partial charge is 0.301 e. The van der Waals surface area contributed by atoms with Crippen LogP contribution in [-0.4, -0.2) is 40.7 Å². The second-order valence-corrected chi connectivity index (χ2v) is 13.2. The third-order valence-electron chi connectivity index (χ3n) is 7.98. The highest BCUT2D eigenvalue weighted by Crippen LogP contribution is 2.46. The van der Waals surface area contributed by atoms with E-state index in [1.807, 2.05) is 18.2 Å². The molecule has 1 atom stereocenters. The Labute approximate surface area is 279 Å². The number of rotatable bonds is 11. The van der Waals surface area contributed by atoms with E-state index in [2.05, 4.69) is 41.4 Å². The maximum absolute atomic E-state index is 14.6. The predicted molar refractivity (Wildman–Crippen MR) is 183 cm³/mol. The van der Waals surface area contributed by atoms with Crippen LogP contribution in [0.4, 0.5) is 9.52 Å². The molecule has 2 heterocycles. The number of amides is 1. The highest BCUT2D eigenvalue weighted by molar-refractivity contribution is 8.00. The van der Waals surface area contributed by atoms with Crippen LogP contribution in [0, 0.1) is 12.7 Å². The van der Waals surface area contributed by atoms with Gasteiger partial charge >= 0.3 is 5.91 Å². The monoisotopic (exact) mass is 669 g/mol. The molecule has 4 aromatic carbocycles. The summed E-state index contributed by atoms with van der Waals surface area (Å²) in [5.74, 6) is -1.32. The summed E-state index contributed by atoms with van der Waals surface area (Å²) in [4.78, 5) is 28.6. The predicted octanol–water partition coefficient (Wildman–Crippen LogP) is 8.24. The van der Waals surface area contributed by atoms with Gasteiger partial charge in [0.25, 0.3) is 5.78 Å². The van der Waals surface area contributed by atoms with Crippen molar-refractivity contribution in [1.29, 1.82) is 0 Å². The Kier molecular flexibility index (Phi) is 9.55. The van der Waals surface area contributed by atoms with Gasteiger partial charge in [-0.1, -0.05) is 97.1 Å². The summed E-state index contributed by atoms with van der Waals surface area (Å²) in [6, 6.07) is 22.4. The zero-order valence-corrected chi connectivity index (χ0v) is 27.7. The fourth-order valence-corrected chi connectivity index (χ4v) is 7.33. The fraction of sp³-hybridized carbons (Fsp3) is 0.222. The molecule has 0 spiro atoms. The molecule has 1 unspecified atom stereocenters. The van der Waals surface area contributed by atoms with Crippen LogP contribution in [-0.2, 0) is 15.3 Å². The molecule has 0 bridgehead atoms. The van der Waals surface area contributed by atoms with Crippen LogP contribution in [0.15, 0.2) is 88.8 Å². The lowest BCUT2D eigenvalue weighted by atomic mass is 9.94. The molecule has 1 aliphatic rings. The van der Waals surface area contributed by atoms with E-state index in [0.717, 1.165) is 35.2 Å². The molecule has 240 valence electrons. The van der Waals surface area contributed by atoms with Gasteiger partial charge in [0, 0.05) is 11.3 Å². The highest BCUT2D eigenvalue weighted by atomic mass is 32.2. The Hall–Kier alpha value is -4.74. The van der Waals surface area contributed by atoms with Crippen molar-refractivity contribution in [3.63, 3.8) is 0 Å². The number of nitrogens with zero attached hydrogens (tertiary/aromatic N) is 3. The number of thioether (sulfide) groups is 1. The van der Waals surface area contributed by atoms with Gasteiger partial charge in [0.2, 0.25) is 5.13 Å². The summed E-state index contributed by atoms with van der Waals surface area (Å²) in [6.45, 7) is 4.15. The first kappa shape index (κ1) is 32.2. The molecule has 0 radical (unpaired) electrons. The average molecular weight is 670 g/mol. The number of halogens is 1. The number of aliphatic hydroxyl groups excluding tert-OH is 1. The Morgan fingerprint density at radius 3 is 2.62 bits per heavy atom. The quantitative estimate of drug-likeness (QED) is 0.0375. The first-order valence-electron chi connectivity index (χ1n) is 15.1. The molecular weight excluding hydrogens is 638 g/mol. The van der Waals surface area contributed by atoms with Crippen LogP contribution in [0.25, 0.3) is 16.5 Å². The van der Waals surface area contributed by atoms with Crippen molar-refractivity contribution < 1.29 is 28.6 Å². The van der Waals surface area contributed by atoms with Crippen LogP contribution >= 0.6 is 23.1 Å². The Morgan fingerprint density at radius 1 is 1.02 bits per heavy atom. The van der Waals surface area contributed by atoms with Crippen LogP contribution in [0.1, 0.15) is 48.1 Å². The van der Waals surface area contributed by atoms with E-state index in [4.69, 9.17) is 9.47 Å². The normalized spacial score (nSPS) is 15.8. The third kappa shape index (κ3) is 6.45. The van der Waals surface area contributed by atoms with Gasteiger partial charge in [0.15, 0.2) is 15.8 Å².